The molecule has 2 amide bonds. The third kappa shape index (κ3) is 7.01. The number of carbonyl (C=O) groups is 2. The molecule has 8 aromatic heterocycles. The molecule has 25 heteroatoms. The van der Waals surface area contributed by atoms with Gasteiger partial charge >= 0.3 is 5.92 Å². The van der Waals surface area contributed by atoms with E-state index in [-0.39, 0.29) is 47.3 Å². The number of aromatic nitrogens is 14. The Labute approximate surface area is 382 Å². The van der Waals surface area contributed by atoms with Crippen molar-refractivity contribution in [2.75, 3.05) is 37.1 Å². The number of rotatable bonds is 6. The monoisotopic (exact) mass is 942 g/mol. The number of alkyl halides is 2. The van der Waals surface area contributed by atoms with Gasteiger partial charge in [-0.1, -0.05) is 0 Å². The molecule has 10 aromatic rings. The highest BCUT2D eigenvalue weighted by Crippen LogP contribution is 2.43. The number of hydrogen-bond donors (Lipinski definition) is 0. The molecule has 0 atom stereocenters. The lowest BCUT2D eigenvalue weighted by atomic mass is 10.0. The van der Waals surface area contributed by atoms with Crippen LogP contribution in [0.3, 0.4) is 0 Å². The number of fused-ring (bicyclic) bond motifs is 8. The Morgan fingerprint density at radius 3 is 1.74 bits per heavy atom. The van der Waals surface area contributed by atoms with Crippen molar-refractivity contribution in [2.24, 2.45) is 14.1 Å². The van der Waals surface area contributed by atoms with Crippen LogP contribution in [0.4, 0.5) is 28.9 Å². The molecule has 0 saturated carbocycles. The normalized spacial score (nSPS) is 13.8. The van der Waals surface area contributed by atoms with E-state index in [4.69, 9.17) is 9.47 Å². The summed E-state index contributed by atoms with van der Waals surface area (Å²) < 4.78 is 78.5. The van der Waals surface area contributed by atoms with Crippen molar-refractivity contribution in [3.8, 4) is 34.0 Å². The molecule has 0 fully saturated rings. The van der Waals surface area contributed by atoms with Gasteiger partial charge in [-0.05, 0) is 48.2 Å². The van der Waals surface area contributed by atoms with Gasteiger partial charge in [0.1, 0.15) is 23.0 Å². The second-order valence-electron chi connectivity index (χ2n) is 15.5. The van der Waals surface area contributed by atoms with Gasteiger partial charge in [0.2, 0.25) is 11.0 Å². The number of likely N-dealkylation sites (N-methyl/N-ethyl adjacent to an activating group) is 2. The average molecular weight is 943 g/mol. The van der Waals surface area contributed by atoms with Crippen LogP contribution in [0.5, 0.6) is 11.5 Å². The third-order valence-corrected chi connectivity index (χ3v) is 12.2. The van der Waals surface area contributed by atoms with Crippen LogP contribution < -0.4 is 19.3 Å². The Bertz CT molecular complexity index is 3720. The number of carbonyl (C=O) groups excluding carboxylic acids is 2. The van der Waals surface area contributed by atoms with Gasteiger partial charge in [0, 0.05) is 74.6 Å². The van der Waals surface area contributed by atoms with E-state index in [9.17, 15) is 14.0 Å². The molecule has 12 rings (SSSR count). The number of benzene rings is 2. The van der Waals surface area contributed by atoms with Gasteiger partial charge in [0.15, 0.2) is 36.0 Å². The summed E-state index contributed by atoms with van der Waals surface area (Å²) in [6, 6.07) is 11.6. The van der Waals surface area contributed by atoms with Crippen LogP contribution in [0.2, 0.25) is 0 Å². The summed E-state index contributed by atoms with van der Waals surface area (Å²) in [5.74, 6) is -6.26. The average Bonchev–Trinajstić information content (AvgIpc) is 4.16. The smallest absolute Gasteiger partial charge is 0.336 e. The van der Waals surface area contributed by atoms with E-state index >= 15 is 13.2 Å². The number of nitrogens with zero attached hydrogens (tertiary/aromatic N) is 16. The fourth-order valence-corrected chi connectivity index (χ4v) is 8.45. The van der Waals surface area contributed by atoms with Crippen LogP contribution in [0.25, 0.3) is 55.6 Å². The van der Waals surface area contributed by atoms with Crippen LogP contribution in [0.1, 0.15) is 11.4 Å². The van der Waals surface area contributed by atoms with E-state index in [0.29, 0.717) is 60.7 Å². The zero-order valence-corrected chi connectivity index (χ0v) is 36.5. The fraction of sp³-hybridized carbons (Fsp3) is 0.163. The maximum atomic E-state index is 15.8. The van der Waals surface area contributed by atoms with Crippen molar-refractivity contribution >= 4 is 68.1 Å². The molecule has 20 nitrogen and oxygen atoms in total. The molecular formula is C43H30F4N16O4S. The predicted octanol–water partition coefficient (Wildman–Crippen LogP) is 5.43. The maximum Gasteiger partial charge on any atom is 0.336 e. The first-order valence-electron chi connectivity index (χ1n) is 20.2. The summed E-state index contributed by atoms with van der Waals surface area (Å²) in [5.41, 5.74) is 3.51. The van der Waals surface area contributed by atoms with Crippen molar-refractivity contribution in [2.45, 2.75) is 16.0 Å². The standard InChI is InChI=1S/C22H15F3N8O2.C21H15FN8O2S/c1-31-9-11(7-27-31)15-3-4-18-28-29-21(33(18)30-15)22(24,25)13-5-12-16(6-14(13)23)26-8-17-20(12)35-10-19(34)32(17)2;1-28-9-11(7-24-28)14-3-4-18-25-26-21(30(18)27-14)33-17-5-12-15(6-13(17)22)23-8-16-20(12)32-10-19(31)29(16)2/h3-9H,10H2,1-2H3;3-9H,10H2,1-2H3. The summed E-state index contributed by atoms with van der Waals surface area (Å²) in [5, 5.41) is 34.0. The zero-order valence-electron chi connectivity index (χ0n) is 35.7. The minimum absolute atomic E-state index is 0.0658. The molecule has 2 aliphatic rings. The predicted molar refractivity (Wildman–Crippen MR) is 234 cm³/mol. The van der Waals surface area contributed by atoms with E-state index < -0.39 is 28.9 Å². The van der Waals surface area contributed by atoms with Crippen LogP contribution in [-0.2, 0) is 29.6 Å². The second-order valence-corrected chi connectivity index (χ2v) is 16.6. The Balaban J connectivity index is 0.000000149. The molecule has 2 aromatic carbocycles. The molecule has 0 spiro atoms. The van der Waals surface area contributed by atoms with Crippen molar-refractivity contribution in [1.29, 1.82) is 0 Å². The number of pyridine rings is 2. The first kappa shape index (κ1) is 42.1. The SMILES string of the molecule is CN1C(=O)COc2c1cnc1cc(F)c(C(F)(F)c3nnc4ccc(-c5cnn(C)c5)nn34)cc21.CN1C(=O)COc2c1cnc1cc(F)c(Sc3nnc4ccc(-c5cnn(C)c5)nn34)cc21. The van der Waals surface area contributed by atoms with E-state index in [1.54, 1.807) is 58.6 Å². The molecule has 0 bridgehead atoms. The lowest BCUT2D eigenvalue weighted by molar-refractivity contribution is -0.121. The minimum Gasteiger partial charge on any atom is -0.481 e. The Hall–Kier alpha value is -8.61. The highest BCUT2D eigenvalue weighted by atomic mass is 32.2. The molecule has 10 heterocycles. The van der Waals surface area contributed by atoms with E-state index in [0.717, 1.165) is 34.0 Å². The number of ether oxygens (including phenoxy) is 2. The third-order valence-electron chi connectivity index (χ3n) is 11.2. The Morgan fingerprint density at radius 1 is 0.632 bits per heavy atom. The van der Waals surface area contributed by atoms with Gasteiger partial charge in [-0.25, -0.2) is 8.78 Å². The molecule has 340 valence electrons. The van der Waals surface area contributed by atoms with Crippen LogP contribution >= 0.6 is 11.8 Å². The zero-order chi connectivity index (χ0) is 47.2. The summed E-state index contributed by atoms with van der Waals surface area (Å²) in [6.45, 7) is -0.361. The van der Waals surface area contributed by atoms with E-state index in [1.807, 2.05) is 19.3 Å². The van der Waals surface area contributed by atoms with Gasteiger partial charge in [0.05, 0.1) is 57.7 Å². The molecule has 0 aliphatic carbocycles. The lowest BCUT2D eigenvalue weighted by Gasteiger charge is -2.26. The van der Waals surface area contributed by atoms with Gasteiger partial charge in [-0.2, -0.15) is 38.2 Å². The molecule has 2 aliphatic heterocycles. The van der Waals surface area contributed by atoms with Crippen LogP contribution in [0.15, 0.2) is 95.8 Å². The van der Waals surface area contributed by atoms with Gasteiger partial charge in [-0.3, -0.25) is 28.9 Å². The number of anilines is 2. The van der Waals surface area contributed by atoms with Gasteiger partial charge < -0.3 is 19.3 Å². The molecule has 0 radical (unpaired) electrons. The fourth-order valence-electron chi connectivity index (χ4n) is 7.62. The largest absolute Gasteiger partial charge is 0.481 e. The van der Waals surface area contributed by atoms with Gasteiger partial charge in [0.25, 0.3) is 11.8 Å². The van der Waals surface area contributed by atoms with Crippen molar-refractivity contribution in [1.82, 2.24) is 69.2 Å². The summed E-state index contributed by atoms with van der Waals surface area (Å²) in [6.07, 6.45) is 9.63. The first-order chi connectivity index (χ1) is 32.7. The molecule has 0 saturated heterocycles. The summed E-state index contributed by atoms with van der Waals surface area (Å²) in [7, 11) is 6.72. The van der Waals surface area contributed by atoms with Crippen LogP contribution in [-0.4, -0.2) is 108 Å². The van der Waals surface area contributed by atoms with Crippen molar-refractivity contribution in [3.05, 3.63) is 109 Å². The van der Waals surface area contributed by atoms with E-state index in [2.05, 4.69) is 50.8 Å². The topological polar surface area (TPSA) is 207 Å². The quantitative estimate of drug-likeness (QED) is 0.191. The lowest BCUT2D eigenvalue weighted by Crippen LogP contribution is -2.35. The van der Waals surface area contributed by atoms with Crippen molar-refractivity contribution < 1.29 is 36.6 Å². The number of hydrogen-bond acceptors (Lipinski definition) is 15. The molecule has 68 heavy (non-hydrogen) atoms. The number of amides is 2. The summed E-state index contributed by atoms with van der Waals surface area (Å²) in [4.78, 5) is 35.4. The van der Waals surface area contributed by atoms with Gasteiger partial charge in [-0.15, -0.1) is 20.4 Å². The highest BCUT2D eigenvalue weighted by Gasteiger charge is 2.43. The van der Waals surface area contributed by atoms with Crippen molar-refractivity contribution in [3.63, 3.8) is 0 Å². The summed E-state index contributed by atoms with van der Waals surface area (Å²) >= 11 is 1.09. The second kappa shape index (κ2) is 15.8. The number of aryl methyl sites for hydroxylation is 2. The number of halogens is 4. The molecular weight excluding hydrogens is 913 g/mol. The minimum atomic E-state index is -3.92. The first-order valence-corrected chi connectivity index (χ1v) is 21.1. The highest BCUT2D eigenvalue weighted by molar-refractivity contribution is 7.99. The maximum absolute atomic E-state index is 15.8. The molecule has 0 N–H and O–H groups in total. The molecule has 0 unspecified atom stereocenters. The van der Waals surface area contributed by atoms with Crippen LogP contribution in [0, 0.1) is 11.6 Å². The Morgan fingerprint density at radius 2 is 1.16 bits per heavy atom. The van der Waals surface area contributed by atoms with E-state index in [1.165, 1.54) is 47.6 Å². The Kier molecular flexibility index (Phi) is 9.76.